The van der Waals surface area contributed by atoms with Crippen molar-refractivity contribution in [3.05, 3.63) is 29.3 Å². The number of hydrogen-bond donors (Lipinski definition) is 2. The molecule has 0 saturated carbocycles. The van der Waals surface area contributed by atoms with Crippen LogP contribution in [0.3, 0.4) is 0 Å². The van der Waals surface area contributed by atoms with Crippen molar-refractivity contribution in [1.82, 2.24) is 0 Å². The van der Waals surface area contributed by atoms with E-state index in [4.69, 9.17) is 10.8 Å². The van der Waals surface area contributed by atoms with Gasteiger partial charge in [-0.2, -0.15) is 0 Å². The third-order valence-corrected chi connectivity index (χ3v) is 3.14. The van der Waals surface area contributed by atoms with Crippen LogP contribution in [0, 0.1) is 0 Å². The number of anilines is 1. The van der Waals surface area contributed by atoms with Gasteiger partial charge in [-0.1, -0.05) is 38.7 Å². The molecule has 0 aliphatic rings. The molecule has 0 heterocycles. The van der Waals surface area contributed by atoms with Gasteiger partial charge < -0.3 is 10.8 Å². The first-order chi connectivity index (χ1) is 9.07. The second kappa shape index (κ2) is 7.56. The fourth-order valence-corrected chi connectivity index (χ4v) is 2.02. The first-order valence-electron chi connectivity index (χ1n) is 6.73. The topological polar surface area (TPSA) is 80.4 Å². The van der Waals surface area contributed by atoms with E-state index >= 15 is 0 Å². The summed E-state index contributed by atoms with van der Waals surface area (Å²) in [5.74, 6) is -1.17. The Labute approximate surface area is 113 Å². The Bertz CT molecular complexity index is 455. The number of nitrogen functional groups attached to an aromatic ring is 1. The molecule has 4 nitrogen and oxygen atoms in total. The predicted octanol–water partition coefficient (Wildman–Crippen LogP) is 3.51. The Kier molecular flexibility index (Phi) is 6.06. The lowest BCUT2D eigenvalue weighted by Gasteiger charge is -2.07. The highest BCUT2D eigenvalue weighted by Crippen LogP contribution is 2.20. The maximum atomic E-state index is 12.0. The van der Waals surface area contributed by atoms with Crippen LogP contribution in [0.15, 0.2) is 18.2 Å². The first-order valence-corrected chi connectivity index (χ1v) is 6.73. The number of ketones is 1. The summed E-state index contributed by atoms with van der Waals surface area (Å²) >= 11 is 0. The van der Waals surface area contributed by atoms with E-state index in [-0.39, 0.29) is 17.0 Å². The number of rotatable bonds is 8. The molecule has 1 aromatic rings. The molecule has 1 aromatic carbocycles. The molecule has 0 atom stereocenters. The number of aromatic carboxylic acids is 1. The molecule has 19 heavy (non-hydrogen) atoms. The zero-order chi connectivity index (χ0) is 14.3. The van der Waals surface area contributed by atoms with E-state index in [1.807, 2.05) is 0 Å². The average Bonchev–Trinajstić information content (AvgIpc) is 2.38. The van der Waals surface area contributed by atoms with Gasteiger partial charge in [-0.15, -0.1) is 0 Å². The summed E-state index contributed by atoms with van der Waals surface area (Å²) < 4.78 is 0. The zero-order valence-corrected chi connectivity index (χ0v) is 11.3. The normalized spacial score (nSPS) is 10.4. The summed E-state index contributed by atoms with van der Waals surface area (Å²) in [6.07, 6.45) is 5.77. The van der Waals surface area contributed by atoms with Crippen LogP contribution >= 0.6 is 0 Å². The summed E-state index contributed by atoms with van der Waals surface area (Å²) in [7, 11) is 0. The molecule has 0 bridgehead atoms. The minimum atomic E-state index is -1.10. The minimum Gasteiger partial charge on any atom is -0.478 e. The van der Waals surface area contributed by atoms with Gasteiger partial charge in [0.2, 0.25) is 0 Å². The van der Waals surface area contributed by atoms with Crippen LogP contribution < -0.4 is 5.73 Å². The van der Waals surface area contributed by atoms with Crippen molar-refractivity contribution >= 4 is 17.4 Å². The lowest BCUT2D eigenvalue weighted by atomic mass is 9.99. The van der Waals surface area contributed by atoms with Crippen molar-refractivity contribution in [2.24, 2.45) is 0 Å². The standard InChI is InChI=1S/C15H21NO3/c1-2-3-4-5-6-10-13(17)11-8-7-9-12(14(11)16)15(18)19/h7-9H,2-6,10,16H2,1H3,(H,18,19). The van der Waals surface area contributed by atoms with E-state index in [9.17, 15) is 9.59 Å². The summed E-state index contributed by atoms with van der Waals surface area (Å²) in [6.45, 7) is 2.14. The molecular weight excluding hydrogens is 242 g/mol. The zero-order valence-electron chi connectivity index (χ0n) is 11.3. The summed E-state index contributed by atoms with van der Waals surface area (Å²) in [5.41, 5.74) is 6.14. The number of carboxylic acid groups (broad SMARTS) is 1. The molecule has 0 aliphatic heterocycles. The highest BCUT2D eigenvalue weighted by atomic mass is 16.4. The maximum absolute atomic E-state index is 12.0. The van der Waals surface area contributed by atoms with Crippen LogP contribution in [0.4, 0.5) is 5.69 Å². The number of para-hydroxylation sites is 1. The van der Waals surface area contributed by atoms with E-state index in [1.54, 1.807) is 12.1 Å². The molecule has 0 spiro atoms. The molecule has 3 N–H and O–H groups in total. The van der Waals surface area contributed by atoms with E-state index in [2.05, 4.69) is 6.92 Å². The third kappa shape index (κ3) is 4.39. The monoisotopic (exact) mass is 263 g/mol. The van der Waals surface area contributed by atoms with Gasteiger partial charge in [-0.05, 0) is 18.6 Å². The molecule has 0 fully saturated rings. The van der Waals surface area contributed by atoms with Gasteiger partial charge in [0, 0.05) is 12.0 Å². The van der Waals surface area contributed by atoms with Crippen LogP contribution in [-0.2, 0) is 0 Å². The van der Waals surface area contributed by atoms with Gasteiger partial charge in [0.1, 0.15) is 0 Å². The largest absolute Gasteiger partial charge is 0.478 e. The molecular formula is C15H21NO3. The van der Waals surface area contributed by atoms with Crippen molar-refractivity contribution in [3.63, 3.8) is 0 Å². The van der Waals surface area contributed by atoms with Crippen LogP contribution in [0.2, 0.25) is 0 Å². The molecule has 4 heteroatoms. The molecule has 0 amide bonds. The lowest BCUT2D eigenvalue weighted by Crippen LogP contribution is -2.09. The molecule has 0 aliphatic carbocycles. The molecule has 0 unspecified atom stereocenters. The van der Waals surface area contributed by atoms with Crippen molar-refractivity contribution in [2.45, 2.75) is 45.4 Å². The Hall–Kier alpha value is -1.84. The number of benzene rings is 1. The van der Waals surface area contributed by atoms with E-state index in [0.717, 1.165) is 19.3 Å². The van der Waals surface area contributed by atoms with E-state index in [0.29, 0.717) is 12.0 Å². The maximum Gasteiger partial charge on any atom is 0.337 e. The smallest absolute Gasteiger partial charge is 0.337 e. The van der Waals surface area contributed by atoms with Gasteiger partial charge in [0.15, 0.2) is 5.78 Å². The molecule has 104 valence electrons. The first kappa shape index (κ1) is 15.2. The number of carboxylic acids is 1. The number of carbonyl (C=O) groups is 2. The minimum absolute atomic E-state index is 0.00293. The average molecular weight is 263 g/mol. The van der Waals surface area contributed by atoms with Crippen LogP contribution in [0.5, 0.6) is 0 Å². The Morgan fingerprint density at radius 3 is 2.37 bits per heavy atom. The van der Waals surface area contributed by atoms with E-state index in [1.165, 1.54) is 18.9 Å². The Morgan fingerprint density at radius 2 is 1.74 bits per heavy atom. The number of carbonyl (C=O) groups excluding carboxylic acids is 1. The van der Waals surface area contributed by atoms with Gasteiger partial charge >= 0.3 is 5.97 Å². The van der Waals surface area contributed by atoms with E-state index < -0.39 is 5.97 Å². The highest BCUT2D eigenvalue weighted by Gasteiger charge is 2.15. The molecule has 0 saturated heterocycles. The number of Topliss-reactive ketones (excluding diaryl/α,β-unsaturated/α-hetero) is 1. The lowest BCUT2D eigenvalue weighted by molar-refractivity contribution is 0.0698. The van der Waals surface area contributed by atoms with Gasteiger partial charge in [0.25, 0.3) is 0 Å². The molecule has 0 aromatic heterocycles. The van der Waals surface area contributed by atoms with Crippen LogP contribution in [0.1, 0.15) is 66.2 Å². The molecule has 1 rings (SSSR count). The summed E-state index contributed by atoms with van der Waals surface area (Å²) in [6, 6.07) is 4.57. The Morgan fingerprint density at radius 1 is 1.11 bits per heavy atom. The van der Waals surface area contributed by atoms with Crippen LogP contribution in [-0.4, -0.2) is 16.9 Å². The second-order valence-electron chi connectivity index (χ2n) is 4.66. The highest BCUT2D eigenvalue weighted by molar-refractivity contribution is 6.06. The van der Waals surface area contributed by atoms with Crippen LogP contribution in [0.25, 0.3) is 0 Å². The summed E-state index contributed by atoms with van der Waals surface area (Å²) in [4.78, 5) is 22.9. The third-order valence-electron chi connectivity index (χ3n) is 3.14. The Balaban J connectivity index is 2.62. The predicted molar refractivity (Wildman–Crippen MR) is 75.5 cm³/mol. The van der Waals surface area contributed by atoms with Crippen molar-refractivity contribution in [1.29, 1.82) is 0 Å². The number of nitrogens with two attached hydrogens (primary N) is 1. The second-order valence-corrected chi connectivity index (χ2v) is 4.66. The van der Waals surface area contributed by atoms with Crippen molar-refractivity contribution in [3.8, 4) is 0 Å². The fourth-order valence-electron chi connectivity index (χ4n) is 2.02. The number of hydrogen-bond acceptors (Lipinski definition) is 3. The van der Waals surface area contributed by atoms with Crippen molar-refractivity contribution < 1.29 is 14.7 Å². The van der Waals surface area contributed by atoms with Gasteiger partial charge in [0.05, 0.1) is 11.3 Å². The molecule has 0 radical (unpaired) electrons. The van der Waals surface area contributed by atoms with Crippen molar-refractivity contribution in [2.75, 3.05) is 5.73 Å². The fraction of sp³-hybridized carbons (Fsp3) is 0.467. The summed E-state index contributed by atoms with van der Waals surface area (Å²) in [5, 5.41) is 8.95. The van der Waals surface area contributed by atoms with Gasteiger partial charge in [-0.3, -0.25) is 4.79 Å². The number of unbranched alkanes of at least 4 members (excludes halogenated alkanes) is 4. The SMILES string of the molecule is CCCCCCCC(=O)c1cccc(C(=O)O)c1N. The van der Waals surface area contributed by atoms with Gasteiger partial charge in [-0.25, -0.2) is 4.79 Å². The quantitative estimate of drug-likeness (QED) is 0.427.